The molecule has 2 N–H and O–H groups in total. The quantitative estimate of drug-likeness (QED) is 0.333. The molecule has 8 rings (SSSR count). The van der Waals surface area contributed by atoms with Crippen molar-refractivity contribution in [3.63, 3.8) is 0 Å². The van der Waals surface area contributed by atoms with Crippen molar-refractivity contribution in [3.8, 4) is 0 Å². The van der Waals surface area contributed by atoms with Crippen LogP contribution in [0.15, 0.2) is 84.9 Å². The van der Waals surface area contributed by atoms with Crippen LogP contribution in [-0.4, -0.2) is 35.1 Å². The van der Waals surface area contributed by atoms with E-state index in [0.717, 1.165) is 17.2 Å². The summed E-state index contributed by atoms with van der Waals surface area (Å²) in [7, 11) is 0. The minimum atomic E-state index is -1.47. The Kier molecular flexibility index (Phi) is 4.57. The highest BCUT2D eigenvalue weighted by Gasteiger charge is 2.81. The van der Waals surface area contributed by atoms with Crippen LogP contribution < -0.4 is 10.6 Å². The maximum absolute atomic E-state index is 14.8. The van der Waals surface area contributed by atoms with Crippen LogP contribution in [0.1, 0.15) is 34.3 Å². The predicted octanol–water partition coefficient (Wildman–Crippen LogP) is 5.51. The summed E-state index contributed by atoms with van der Waals surface area (Å²) in [6, 6.07) is 26.1. The summed E-state index contributed by atoms with van der Waals surface area (Å²) in [4.78, 5) is 45.9. The summed E-state index contributed by atoms with van der Waals surface area (Å²) < 4.78 is 0. The molecule has 7 heteroatoms. The van der Waals surface area contributed by atoms with Gasteiger partial charge in [-0.3, -0.25) is 19.3 Å². The van der Waals surface area contributed by atoms with Gasteiger partial charge in [0.25, 0.3) is 5.91 Å². The SMILES string of the molecule is O=C(c1ccc2ccccc2c1)[C@@H]1[C@H]2CCCN2[C@@]2(C(=O)Nc3ccc(Cl)cc32)[C@]12C(=O)Nc1ccccc12. The number of hydrogen-bond donors (Lipinski definition) is 2. The molecule has 2 spiro atoms. The molecule has 4 aliphatic rings. The van der Waals surface area contributed by atoms with Crippen molar-refractivity contribution < 1.29 is 14.4 Å². The third-order valence-corrected chi connectivity index (χ3v) is 9.61. The van der Waals surface area contributed by atoms with Crippen molar-refractivity contribution in [2.75, 3.05) is 17.2 Å². The van der Waals surface area contributed by atoms with E-state index in [2.05, 4.69) is 15.5 Å². The number of rotatable bonds is 2. The van der Waals surface area contributed by atoms with E-state index in [-0.39, 0.29) is 23.6 Å². The fourth-order valence-electron chi connectivity index (χ4n) is 8.07. The van der Waals surface area contributed by atoms with Gasteiger partial charge in [0.05, 0.1) is 5.92 Å². The summed E-state index contributed by atoms with van der Waals surface area (Å²) >= 11 is 6.53. The van der Waals surface area contributed by atoms with Crippen molar-refractivity contribution in [1.82, 2.24) is 4.90 Å². The second-order valence-corrected chi connectivity index (χ2v) is 11.4. The standard InChI is InChI=1S/C32H24ClN3O3/c33-21-13-14-25-23(17-21)32(30(39)35-25)31(22-8-3-4-9-24(22)34-29(31)38)27(26-10-5-15-36(26)32)28(37)20-12-11-18-6-1-2-7-19(18)16-20/h1-4,6-9,11-14,16-17,26-27H,5,10,15H2,(H,34,38)(H,35,39)/t26-,27+,31+,32+/m1/s1. The molecule has 6 nitrogen and oxygen atoms in total. The molecule has 192 valence electrons. The number of hydrogen-bond acceptors (Lipinski definition) is 4. The number of nitrogens with one attached hydrogen (secondary N) is 2. The van der Waals surface area contributed by atoms with Crippen molar-refractivity contribution in [2.24, 2.45) is 5.92 Å². The molecule has 39 heavy (non-hydrogen) atoms. The van der Waals surface area contributed by atoms with Crippen LogP contribution in [-0.2, 0) is 20.5 Å². The average Bonchev–Trinajstić information content (AvgIpc) is 3.67. The molecule has 2 saturated heterocycles. The molecule has 2 amide bonds. The van der Waals surface area contributed by atoms with Gasteiger partial charge in [-0.1, -0.05) is 66.2 Å². The molecule has 4 aromatic carbocycles. The number of halogens is 1. The molecule has 0 saturated carbocycles. The molecule has 0 aromatic heterocycles. The third kappa shape index (κ3) is 2.63. The third-order valence-electron chi connectivity index (χ3n) is 9.37. The smallest absolute Gasteiger partial charge is 0.251 e. The number of nitrogens with zero attached hydrogens (tertiary/aromatic N) is 1. The number of carbonyl (C=O) groups excluding carboxylic acids is 3. The molecule has 2 fully saturated rings. The number of Topliss-reactive ketones (excluding diaryl/α,β-unsaturated/α-hetero) is 1. The van der Waals surface area contributed by atoms with Crippen LogP contribution >= 0.6 is 11.6 Å². The number of amides is 2. The van der Waals surface area contributed by atoms with Crippen LogP contribution in [0.5, 0.6) is 0 Å². The van der Waals surface area contributed by atoms with Gasteiger partial charge in [0.15, 0.2) is 5.78 Å². The monoisotopic (exact) mass is 533 g/mol. The second-order valence-electron chi connectivity index (χ2n) is 11.0. The van der Waals surface area contributed by atoms with E-state index in [1.165, 1.54) is 0 Å². The Morgan fingerprint density at radius 2 is 1.56 bits per heavy atom. The van der Waals surface area contributed by atoms with Crippen molar-refractivity contribution in [1.29, 1.82) is 0 Å². The number of fused-ring (bicyclic) bond motifs is 8. The van der Waals surface area contributed by atoms with Crippen molar-refractivity contribution >= 4 is 51.3 Å². The first-order chi connectivity index (χ1) is 19.0. The van der Waals surface area contributed by atoms with Crippen LogP contribution in [0.25, 0.3) is 10.8 Å². The number of anilines is 2. The minimum Gasteiger partial charge on any atom is -0.325 e. The first-order valence-corrected chi connectivity index (χ1v) is 13.7. The number of ketones is 1. The van der Waals surface area contributed by atoms with E-state index >= 15 is 0 Å². The zero-order chi connectivity index (χ0) is 26.5. The van der Waals surface area contributed by atoms with Gasteiger partial charge in [-0.05, 0) is 66.1 Å². The lowest BCUT2D eigenvalue weighted by Gasteiger charge is -2.43. The number of carbonyl (C=O) groups is 3. The Morgan fingerprint density at radius 1 is 0.821 bits per heavy atom. The first kappa shape index (κ1) is 22.9. The molecule has 4 atom stereocenters. The fourth-order valence-corrected chi connectivity index (χ4v) is 8.24. The molecular formula is C32H24ClN3O3. The van der Waals surface area contributed by atoms with Gasteiger partial charge < -0.3 is 10.6 Å². The van der Waals surface area contributed by atoms with Gasteiger partial charge in [-0.25, -0.2) is 0 Å². The van der Waals surface area contributed by atoms with Gasteiger partial charge in [-0.15, -0.1) is 0 Å². The maximum Gasteiger partial charge on any atom is 0.251 e. The lowest BCUT2D eigenvalue weighted by atomic mass is 9.57. The van der Waals surface area contributed by atoms with Gasteiger partial charge in [0, 0.05) is 33.6 Å². The Hall–Kier alpha value is -4.00. The highest BCUT2D eigenvalue weighted by Crippen LogP contribution is 2.68. The van der Waals surface area contributed by atoms with Gasteiger partial charge in [-0.2, -0.15) is 0 Å². The largest absolute Gasteiger partial charge is 0.325 e. The summed E-state index contributed by atoms with van der Waals surface area (Å²) in [5.74, 6) is -1.50. The molecule has 0 aliphatic carbocycles. The summed E-state index contributed by atoms with van der Waals surface area (Å²) in [6.07, 6.45) is 1.54. The van der Waals surface area contributed by atoms with E-state index in [0.29, 0.717) is 46.1 Å². The van der Waals surface area contributed by atoms with E-state index in [4.69, 9.17) is 11.6 Å². The summed E-state index contributed by atoms with van der Waals surface area (Å²) in [6.45, 7) is 0.600. The molecule has 0 radical (unpaired) electrons. The van der Waals surface area contributed by atoms with Crippen molar-refractivity contribution in [2.45, 2.75) is 29.8 Å². The van der Waals surface area contributed by atoms with E-state index in [9.17, 15) is 14.4 Å². The van der Waals surface area contributed by atoms with Crippen LogP contribution in [0.4, 0.5) is 11.4 Å². The Labute approximate surface area is 230 Å². The maximum atomic E-state index is 14.8. The molecule has 4 aromatic rings. The minimum absolute atomic E-state index is 0.121. The lowest BCUT2D eigenvalue weighted by molar-refractivity contribution is -0.137. The van der Waals surface area contributed by atoms with Gasteiger partial charge in [0.2, 0.25) is 5.91 Å². The lowest BCUT2D eigenvalue weighted by Crippen LogP contribution is -2.62. The fraction of sp³-hybridized carbons (Fsp3) is 0.219. The number of benzene rings is 4. The summed E-state index contributed by atoms with van der Waals surface area (Å²) in [5.41, 5.74) is 0.274. The van der Waals surface area contributed by atoms with Crippen molar-refractivity contribution in [3.05, 3.63) is 107 Å². The van der Waals surface area contributed by atoms with Gasteiger partial charge in [0.1, 0.15) is 11.0 Å². The normalized spacial score (nSPS) is 28.5. The van der Waals surface area contributed by atoms with Crippen LogP contribution in [0, 0.1) is 5.92 Å². The highest BCUT2D eigenvalue weighted by molar-refractivity contribution is 6.31. The van der Waals surface area contributed by atoms with E-state index < -0.39 is 16.9 Å². The van der Waals surface area contributed by atoms with E-state index in [1.807, 2.05) is 66.7 Å². The van der Waals surface area contributed by atoms with Gasteiger partial charge >= 0.3 is 0 Å². The molecule has 4 heterocycles. The second kappa shape index (κ2) is 7.78. The first-order valence-electron chi connectivity index (χ1n) is 13.3. The predicted molar refractivity (Wildman–Crippen MR) is 150 cm³/mol. The zero-order valence-corrected chi connectivity index (χ0v) is 21.7. The molecule has 0 unspecified atom stereocenters. The van der Waals surface area contributed by atoms with E-state index in [1.54, 1.807) is 18.2 Å². The molecule has 0 bridgehead atoms. The molecule has 4 aliphatic heterocycles. The summed E-state index contributed by atoms with van der Waals surface area (Å²) in [5, 5.41) is 8.61. The molecular weight excluding hydrogens is 510 g/mol. The van der Waals surface area contributed by atoms with Crippen LogP contribution in [0.3, 0.4) is 0 Å². The topological polar surface area (TPSA) is 78.5 Å². The average molecular weight is 534 g/mol. The Balaban J connectivity index is 1.45. The zero-order valence-electron chi connectivity index (χ0n) is 20.9. The number of para-hydroxylation sites is 1. The Bertz CT molecular complexity index is 1770. The van der Waals surface area contributed by atoms with Crippen LogP contribution in [0.2, 0.25) is 5.02 Å². The Morgan fingerprint density at radius 3 is 2.44 bits per heavy atom. The highest BCUT2D eigenvalue weighted by atomic mass is 35.5.